The molecule has 1 fully saturated rings. The van der Waals surface area contributed by atoms with Gasteiger partial charge in [-0.05, 0) is 56.6 Å². The number of nitrogens with zero attached hydrogens (tertiary/aromatic N) is 3. The number of benzene rings is 1. The van der Waals surface area contributed by atoms with Gasteiger partial charge in [0.1, 0.15) is 5.82 Å². The van der Waals surface area contributed by atoms with Crippen LogP contribution >= 0.6 is 11.6 Å². The van der Waals surface area contributed by atoms with Crippen LogP contribution in [0.5, 0.6) is 0 Å². The molecule has 1 N–H and O–H groups in total. The summed E-state index contributed by atoms with van der Waals surface area (Å²) < 4.78 is 0. The van der Waals surface area contributed by atoms with E-state index in [4.69, 9.17) is 11.6 Å². The van der Waals surface area contributed by atoms with Crippen LogP contribution in [0.15, 0.2) is 24.3 Å². The highest BCUT2D eigenvalue weighted by molar-refractivity contribution is 6.28. The molecule has 1 atom stereocenters. The predicted octanol–water partition coefficient (Wildman–Crippen LogP) is 3.18. The van der Waals surface area contributed by atoms with Gasteiger partial charge in [-0.1, -0.05) is 12.1 Å². The van der Waals surface area contributed by atoms with Crippen molar-refractivity contribution in [3.63, 3.8) is 0 Å². The predicted molar refractivity (Wildman–Crippen MR) is 83.3 cm³/mol. The van der Waals surface area contributed by atoms with E-state index in [1.807, 2.05) is 24.3 Å². The van der Waals surface area contributed by atoms with Crippen LogP contribution in [0.2, 0.25) is 5.28 Å². The van der Waals surface area contributed by atoms with Crippen molar-refractivity contribution in [3.8, 4) is 0 Å². The summed E-state index contributed by atoms with van der Waals surface area (Å²) in [4.78, 5) is 11.1. The fraction of sp³-hybridized carbons (Fsp3) is 0.467. The second-order valence-electron chi connectivity index (χ2n) is 5.41. The van der Waals surface area contributed by atoms with Gasteiger partial charge in [-0.3, -0.25) is 0 Å². The van der Waals surface area contributed by atoms with E-state index >= 15 is 0 Å². The molecule has 0 amide bonds. The Morgan fingerprint density at radius 2 is 2.00 bits per heavy atom. The lowest BCUT2D eigenvalue weighted by molar-refractivity contribution is 0.327. The molecule has 1 aliphatic rings. The minimum Gasteiger partial charge on any atom is -0.366 e. The molecule has 20 heavy (non-hydrogen) atoms. The smallest absolute Gasteiger partial charge is 0.224 e. The Kier molecular flexibility index (Phi) is 4.03. The van der Waals surface area contributed by atoms with Crippen molar-refractivity contribution >= 4 is 28.3 Å². The highest BCUT2D eigenvalue weighted by Gasteiger charge is 2.16. The summed E-state index contributed by atoms with van der Waals surface area (Å²) in [5, 5.41) is 4.79. The molecule has 3 rings (SSSR count). The Labute approximate surface area is 124 Å². The van der Waals surface area contributed by atoms with E-state index in [9.17, 15) is 0 Å². The molecule has 1 unspecified atom stereocenters. The Bertz CT molecular complexity index is 595. The molecule has 1 aromatic carbocycles. The number of halogens is 1. The number of likely N-dealkylation sites (tertiary alicyclic amines) is 1. The minimum absolute atomic E-state index is 0.291. The van der Waals surface area contributed by atoms with Crippen LogP contribution in [0.4, 0.5) is 5.82 Å². The van der Waals surface area contributed by atoms with Gasteiger partial charge < -0.3 is 10.2 Å². The summed E-state index contributed by atoms with van der Waals surface area (Å²) in [6, 6.07) is 8.27. The van der Waals surface area contributed by atoms with Crippen LogP contribution in [0, 0.1) is 0 Å². The molecule has 0 saturated carbocycles. The molecule has 0 bridgehead atoms. The minimum atomic E-state index is 0.291. The van der Waals surface area contributed by atoms with Crippen LogP contribution in [0.25, 0.3) is 10.9 Å². The van der Waals surface area contributed by atoms with Crippen LogP contribution in [0.3, 0.4) is 0 Å². The normalized spacial score (nSPS) is 17.5. The van der Waals surface area contributed by atoms with Crippen LogP contribution in [-0.2, 0) is 0 Å². The first-order valence-corrected chi connectivity index (χ1v) is 7.51. The number of fused-ring (bicyclic) bond motifs is 1. The van der Waals surface area contributed by atoms with Crippen molar-refractivity contribution in [2.75, 3.05) is 25.0 Å². The summed E-state index contributed by atoms with van der Waals surface area (Å²) >= 11 is 6.00. The standard InChI is InChI=1S/C15H19ClN4/c1-11(10-20-8-4-5-9-20)17-14-12-6-2-3-7-13(12)18-15(16)19-14/h2-3,6-7,11H,4-5,8-10H2,1H3,(H,17,18,19). The van der Waals surface area contributed by atoms with Gasteiger partial charge >= 0.3 is 0 Å². The molecule has 2 aromatic rings. The molecule has 5 heteroatoms. The second-order valence-corrected chi connectivity index (χ2v) is 5.75. The average Bonchev–Trinajstić information content (AvgIpc) is 2.91. The molecule has 1 aliphatic heterocycles. The number of rotatable bonds is 4. The Hall–Kier alpha value is -1.39. The van der Waals surface area contributed by atoms with E-state index in [2.05, 4.69) is 27.1 Å². The third kappa shape index (κ3) is 3.02. The first kappa shape index (κ1) is 13.6. The Balaban J connectivity index is 1.79. The Morgan fingerprint density at radius 3 is 2.80 bits per heavy atom. The van der Waals surface area contributed by atoms with E-state index < -0.39 is 0 Å². The van der Waals surface area contributed by atoms with E-state index in [0.29, 0.717) is 11.3 Å². The lowest BCUT2D eigenvalue weighted by Gasteiger charge is -2.22. The molecule has 1 saturated heterocycles. The third-order valence-electron chi connectivity index (χ3n) is 3.69. The fourth-order valence-electron chi connectivity index (χ4n) is 2.79. The second kappa shape index (κ2) is 5.94. The lowest BCUT2D eigenvalue weighted by atomic mass is 10.2. The van der Waals surface area contributed by atoms with Gasteiger partial charge in [0.05, 0.1) is 5.52 Å². The van der Waals surface area contributed by atoms with Gasteiger partial charge in [0, 0.05) is 18.0 Å². The van der Waals surface area contributed by atoms with Crippen molar-refractivity contribution in [3.05, 3.63) is 29.5 Å². The topological polar surface area (TPSA) is 41.0 Å². The number of hydrogen-bond donors (Lipinski definition) is 1. The van der Waals surface area contributed by atoms with Gasteiger partial charge in [-0.25, -0.2) is 9.97 Å². The first-order valence-electron chi connectivity index (χ1n) is 7.13. The van der Waals surface area contributed by atoms with E-state index in [1.165, 1.54) is 25.9 Å². The van der Waals surface area contributed by atoms with Crippen molar-refractivity contribution in [2.45, 2.75) is 25.8 Å². The van der Waals surface area contributed by atoms with Gasteiger partial charge in [0.2, 0.25) is 5.28 Å². The Morgan fingerprint density at radius 1 is 1.25 bits per heavy atom. The van der Waals surface area contributed by atoms with Crippen LogP contribution in [0.1, 0.15) is 19.8 Å². The third-order valence-corrected chi connectivity index (χ3v) is 3.86. The molecular formula is C15H19ClN4. The van der Waals surface area contributed by atoms with E-state index in [0.717, 1.165) is 23.3 Å². The maximum Gasteiger partial charge on any atom is 0.224 e. The number of anilines is 1. The van der Waals surface area contributed by atoms with Crippen LogP contribution < -0.4 is 5.32 Å². The zero-order chi connectivity index (χ0) is 13.9. The molecule has 1 aromatic heterocycles. The van der Waals surface area contributed by atoms with Crippen molar-refractivity contribution in [1.29, 1.82) is 0 Å². The molecule has 4 nitrogen and oxygen atoms in total. The van der Waals surface area contributed by atoms with Crippen molar-refractivity contribution in [1.82, 2.24) is 14.9 Å². The van der Waals surface area contributed by atoms with Crippen molar-refractivity contribution in [2.24, 2.45) is 0 Å². The van der Waals surface area contributed by atoms with Gasteiger partial charge in [0.15, 0.2) is 0 Å². The molecular weight excluding hydrogens is 272 g/mol. The van der Waals surface area contributed by atoms with Gasteiger partial charge in [0.25, 0.3) is 0 Å². The molecule has 0 radical (unpaired) electrons. The maximum absolute atomic E-state index is 6.00. The highest BCUT2D eigenvalue weighted by atomic mass is 35.5. The zero-order valence-corrected chi connectivity index (χ0v) is 12.4. The number of hydrogen-bond acceptors (Lipinski definition) is 4. The molecule has 0 aliphatic carbocycles. The summed E-state index contributed by atoms with van der Waals surface area (Å²) in [6.45, 7) is 5.63. The van der Waals surface area contributed by atoms with Gasteiger partial charge in [-0.2, -0.15) is 0 Å². The number of aromatic nitrogens is 2. The first-order chi connectivity index (χ1) is 9.72. The van der Waals surface area contributed by atoms with Gasteiger partial charge in [-0.15, -0.1) is 0 Å². The monoisotopic (exact) mass is 290 g/mol. The summed E-state index contributed by atoms with van der Waals surface area (Å²) in [5.74, 6) is 0.826. The number of para-hydroxylation sites is 1. The molecule has 0 spiro atoms. The largest absolute Gasteiger partial charge is 0.366 e. The molecule has 2 heterocycles. The quantitative estimate of drug-likeness (QED) is 0.878. The maximum atomic E-state index is 6.00. The summed E-state index contributed by atoms with van der Waals surface area (Å²) in [7, 11) is 0. The van der Waals surface area contributed by atoms with Crippen LogP contribution in [-0.4, -0.2) is 40.5 Å². The lowest BCUT2D eigenvalue weighted by Crippen LogP contribution is -2.33. The van der Waals surface area contributed by atoms with E-state index in [1.54, 1.807) is 0 Å². The fourth-order valence-corrected chi connectivity index (χ4v) is 2.97. The van der Waals surface area contributed by atoms with Crippen molar-refractivity contribution < 1.29 is 0 Å². The zero-order valence-electron chi connectivity index (χ0n) is 11.6. The average molecular weight is 291 g/mol. The summed E-state index contributed by atoms with van der Waals surface area (Å²) in [6.07, 6.45) is 2.63. The number of nitrogens with one attached hydrogen (secondary N) is 1. The SMILES string of the molecule is CC(CN1CCCC1)Nc1nc(Cl)nc2ccccc12. The molecule has 106 valence electrons. The summed E-state index contributed by atoms with van der Waals surface area (Å²) in [5.41, 5.74) is 0.878. The van der Waals surface area contributed by atoms with E-state index in [-0.39, 0.29) is 0 Å². The highest BCUT2D eigenvalue weighted by Crippen LogP contribution is 2.22.